The molecule has 1 saturated carbocycles. The molecule has 4 rings (SSSR count). The minimum Gasteiger partial charge on any atom is -0.457 e. The number of aromatic nitrogens is 2. The van der Waals surface area contributed by atoms with E-state index in [-0.39, 0.29) is 11.9 Å². The first-order chi connectivity index (χ1) is 20.8. The zero-order valence-corrected chi connectivity index (χ0v) is 30.0. The molecule has 0 unspecified atom stereocenters. The van der Waals surface area contributed by atoms with E-state index in [9.17, 15) is 9.59 Å². The van der Waals surface area contributed by atoms with Crippen molar-refractivity contribution in [1.29, 1.82) is 0 Å². The fourth-order valence-electron chi connectivity index (χ4n) is 5.13. The smallest absolute Gasteiger partial charge is 0.408 e. The highest BCUT2D eigenvalue weighted by Gasteiger charge is 2.27. The average molecular weight is 735 g/mol. The number of ether oxygens (including phenoxy) is 3. The lowest BCUT2D eigenvalue weighted by molar-refractivity contribution is -0.124. The maximum absolute atomic E-state index is 13.3. The molecule has 3 aromatic rings. The Hall–Kier alpha value is -2.64. The maximum atomic E-state index is 13.3. The third-order valence-corrected chi connectivity index (χ3v) is 9.97. The molecule has 9 nitrogen and oxygen atoms in total. The van der Waals surface area contributed by atoms with Gasteiger partial charge in [0.05, 0.1) is 5.39 Å². The number of alkyl carbamates (subject to hydrolysis) is 1. The Kier molecular flexibility index (Phi) is 11.7. The number of halogens is 1. The Morgan fingerprint density at radius 2 is 1.80 bits per heavy atom. The van der Waals surface area contributed by atoms with Crippen molar-refractivity contribution in [3.8, 4) is 11.5 Å². The summed E-state index contributed by atoms with van der Waals surface area (Å²) in [6.07, 6.45) is 8.86. The number of hydrogen-bond donors (Lipinski definition) is 2. The molecule has 0 spiro atoms. The van der Waals surface area contributed by atoms with Crippen LogP contribution in [0.1, 0.15) is 58.4 Å². The lowest BCUT2D eigenvalue weighted by Gasteiger charge is -2.27. The Labute approximate surface area is 276 Å². The number of benzene rings is 1. The van der Waals surface area contributed by atoms with Crippen LogP contribution in [0.3, 0.4) is 0 Å². The fraction of sp³-hybridized carbons (Fsp3) is 0.545. The number of carbonyl (C=O) groups excluding carboxylic acids is 2. The van der Waals surface area contributed by atoms with Gasteiger partial charge in [0.1, 0.15) is 35.5 Å². The highest BCUT2D eigenvalue weighted by molar-refractivity contribution is 14.1. The number of rotatable bonds is 12. The predicted octanol–water partition coefficient (Wildman–Crippen LogP) is 7.63. The Bertz CT molecular complexity index is 1410. The molecule has 1 atom stereocenters. The summed E-state index contributed by atoms with van der Waals surface area (Å²) in [7, 11) is -1.16. The SMILES string of the molecule is CC(C)(C)OC(=O)N[C@@H](Cc1ccc(Oc2ccnc3c2c(I)cn3COCC[Si](C)(C)C)cc1)C(=O)NC1CCCCC1. The Morgan fingerprint density at radius 3 is 2.45 bits per heavy atom. The van der Waals surface area contributed by atoms with Gasteiger partial charge >= 0.3 is 6.09 Å². The van der Waals surface area contributed by atoms with E-state index in [2.05, 4.69) is 57.8 Å². The van der Waals surface area contributed by atoms with Crippen LogP contribution in [-0.4, -0.2) is 53.9 Å². The number of nitrogens with zero attached hydrogens (tertiary/aromatic N) is 2. The summed E-state index contributed by atoms with van der Waals surface area (Å²) in [5.74, 6) is 1.19. The monoisotopic (exact) mass is 734 g/mol. The fourth-order valence-corrected chi connectivity index (χ4v) is 6.73. The van der Waals surface area contributed by atoms with Crippen molar-refractivity contribution in [1.82, 2.24) is 20.2 Å². The lowest BCUT2D eigenvalue weighted by Crippen LogP contribution is -2.51. The second-order valence-electron chi connectivity index (χ2n) is 13.8. The van der Waals surface area contributed by atoms with Crippen LogP contribution >= 0.6 is 22.6 Å². The zero-order valence-electron chi connectivity index (χ0n) is 26.9. The van der Waals surface area contributed by atoms with Gasteiger partial charge in [-0.2, -0.15) is 0 Å². The van der Waals surface area contributed by atoms with Crippen LogP contribution in [0.5, 0.6) is 11.5 Å². The summed E-state index contributed by atoms with van der Waals surface area (Å²) >= 11 is 2.31. The van der Waals surface area contributed by atoms with Crippen LogP contribution < -0.4 is 15.4 Å². The van der Waals surface area contributed by atoms with E-state index in [1.807, 2.05) is 41.1 Å². The van der Waals surface area contributed by atoms with Crippen LogP contribution in [0.15, 0.2) is 42.7 Å². The second kappa shape index (κ2) is 15.1. The standard InChI is InChI=1S/C33H47IN4O5Si/c1-33(2,3)43-32(40)37-27(31(39)36-24-10-8-7-9-11-24)20-23-12-14-25(15-13-23)42-28-16-17-35-30-29(28)26(34)21-38(30)22-41-18-19-44(4,5)6/h12-17,21,24,27H,7-11,18-20,22H2,1-6H3,(H,36,39)(H,37,40)/t27-/m0/s1. The van der Waals surface area contributed by atoms with E-state index in [1.54, 1.807) is 27.0 Å². The second-order valence-corrected chi connectivity index (χ2v) is 20.6. The summed E-state index contributed by atoms with van der Waals surface area (Å²) in [5, 5.41) is 6.88. The molecular weight excluding hydrogens is 687 g/mol. The van der Waals surface area contributed by atoms with E-state index >= 15 is 0 Å². The van der Waals surface area contributed by atoms with Crippen molar-refractivity contribution in [3.63, 3.8) is 0 Å². The molecule has 2 aromatic heterocycles. The van der Waals surface area contributed by atoms with E-state index < -0.39 is 25.8 Å². The van der Waals surface area contributed by atoms with Gasteiger partial charge in [0.2, 0.25) is 5.91 Å². The summed E-state index contributed by atoms with van der Waals surface area (Å²) in [6.45, 7) is 13.6. The molecule has 240 valence electrons. The molecule has 0 radical (unpaired) electrons. The summed E-state index contributed by atoms with van der Waals surface area (Å²) < 4.78 is 20.8. The van der Waals surface area contributed by atoms with Crippen molar-refractivity contribution < 1.29 is 23.8 Å². The zero-order chi connectivity index (χ0) is 31.9. The van der Waals surface area contributed by atoms with Crippen molar-refractivity contribution in [2.75, 3.05) is 6.61 Å². The van der Waals surface area contributed by atoms with Crippen LogP contribution in [0.4, 0.5) is 4.79 Å². The molecule has 0 saturated heterocycles. The number of hydrogen-bond acceptors (Lipinski definition) is 6. The molecule has 0 aliphatic heterocycles. The first-order valence-electron chi connectivity index (χ1n) is 15.6. The summed E-state index contributed by atoms with van der Waals surface area (Å²) in [5.41, 5.74) is 1.05. The molecule has 0 bridgehead atoms. The molecule has 1 fully saturated rings. The van der Waals surface area contributed by atoms with Gasteiger partial charge in [-0.25, -0.2) is 9.78 Å². The number of carbonyl (C=O) groups is 2. The van der Waals surface area contributed by atoms with E-state index in [4.69, 9.17) is 14.2 Å². The molecule has 1 aliphatic rings. The average Bonchev–Trinajstić information content (AvgIpc) is 3.27. The van der Waals surface area contributed by atoms with Crippen LogP contribution in [0.2, 0.25) is 25.7 Å². The number of pyridine rings is 1. The lowest BCUT2D eigenvalue weighted by atomic mass is 9.95. The van der Waals surface area contributed by atoms with Crippen molar-refractivity contribution in [2.24, 2.45) is 0 Å². The van der Waals surface area contributed by atoms with Crippen molar-refractivity contribution >= 4 is 53.7 Å². The van der Waals surface area contributed by atoms with Crippen LogP contribution in [0, 0.1) is 3.57 Å². The highest BCUT2D eigenvalue weighted by Crippen LogP contribution is 2.33. The van der Waals surface area contributed by atoms with E-state index in [1.165, 1.54) is 6.42 Å². The number of amides is 2. The number of fused-ring (bicyclic) bond motifs is 1. The summed E-state index contributed by atoms with van der Waals surface area (Å²) in [4.78, 5) is 30.5. The van der Waals surface area contributed by atoms with Gasteiger partial charge in [-0.05, 0) is 86.0 Å². The molecule has 2 N–H and O–H groups in total. The normalized spacial score (nSPS) is 15.2. The van der Waals surface area contributed by atoms with Gasteiger partial charge < -0.3 is 29.4 Å². The minimum absolute atomic E-state index is 0.140. The highest BCUT2D eigenvalue weighted by atomic mass is 127. The molecule has 1 aliphatic carbocycles. The minimum atomic E-state index is -1.16. The first kappa shape index (κ1) is 34.2. The third kappa shape index (κ3) is 10.5. The Balaban J connectivity index is 1.44. The number of nitrogens with one attached hydrogen (secondary N) is 2. The van der Waals surface area contributed by atoms with Crippen LogP contribution in [0.25, 0.3) is 11.0 Å². The molecule has 2 heterocycles. The molecule has 1 aromatic carbocycles. The van der Waals surface area contributed by atoms with E-state index in [0.29, 0.717) is 24.7 Å². The molecule has 11 heteroatoms. The van der Waals surface area contributed by atoms with Gasteiger partial charge in [0.15, 0.2) is 0 Å². The van der Waals surface area contributed by atoms with Crippen LogP contribution in [-0.2, 0) is 27.4 Å². The molecule has 44 heavy (non-hydrogen) atoms. The van der Waals surface area contributed by atoms with Crippen molar-refractivity contribution in [2.45, 2.75) is 109 Å². The Morgan fingerprint density at radius 1 is 1.09 bits per heavy atom. The largest absolute Gasteiger partial charge is 0.457 e. The van der Waals surface area contributed by atoms with Gasteiger partial charge in [-0.1, -0.05) is 51.0 Å². The van der Waals surface area contributed by atoms with E-state index in [0.717, 1.165) is 58.5 Å². The molecular formula is C33H47IN4O5Si. The predicted molar refractivity (Wildman–Crippen MR) is 185 cm³/mol. The third-order valence-electron chi connectivity index (χ3n) is 7.45. The summed E-state index contributed by atoms with van der Waals surface area (Å²) in [6, 6.07) is 9.98. The maximum Gasteiger partial charge on any atom is 0.408 e. The first-order valence-corrected chi connectivity index (χ1v) is 20.3. The van der Waals surface area contributed by atoms with Gasteiger partial charge in [-0.15, -0.1) is 0 Å². The molecule has 2 amide bonds. The quantitative estimate of drug-likeness (QED) is 0.113. The van der Waals surface area contributed by atoms with Gasteiger partial charge in [0.25, 0.3) is 0 Å². The van der Waals surface area contributed by atoms with Gasteiger partial charge in [-0.3, -0.25) is 4.79 Å². The topological polar surface area (TPSA) is 104 Å². The van der Waals surface area contributed by atoms with Gasteiger partial charge in [0, 0.05) is 43.1 Å². The van der Waals surface area contributed by atoms with Crippen molar-refractivity contribution in [3.05, 3.63) is 51.9 Å².